The van der Waals surface area contributed by atoms with Gasteiger partial charge in [0, 0.05) is 44.8 Å². The number of hydrogen-bond donors (Lipinski definition) is 2. The van der Waals surface area contributed by atoms with Gasteiger partial charge in [0.1, 0.15) is 5.82 Å². The largest absolute Gasteiger partial charge is 0.372 e. The Balaban J connectivity index is 1.45. The highest BCUT2D eigenvalue weighted by atomic mass is 19.1. The van der Waals surface area contributed by atoms with Crippen LogP contribution in [0.1, 0.15) is 52.4 Å². The molecule has 8 heteroatoms. The van der Waals surface area contributed by atoms with Crippen molar-refractivity contribution in [1.29, 1.82) is 0 Å². The molecular weight excluding hydrogens is 399 g/mol. The Morgan fingerprint density at radius 3 is 2.48 bits per heavy atom. The highest BCUT2D eigenvalue weighted by molar-refractivity contribution is 5.89. The second-order valence-electron chi connectivity index (χ2n) is 8.76. The lowest BCUT2D eigenvalue weighted by molar-refractivity contribution is -0.143. The number of urea groups is 1. The molecule has 0 unspecified atom stereocenters. The van der Waals surface area contributed by atoms with Gasteiger partial charge in [0.05, 0.1) is 17.9 Å². The van der Waals surface area contributed by atoms with E-state index in [9.17, 15) is 14.0 Å². The molecule has 1 aromatic rings. The van der Waals surface area contributed by atoms with Crippen LogP contribution in [0.25, 0.3) is 0 Å². The first-order valence-corrected chi connectivity index (χ1v) is 11.3. The van der Waals surface area contributed by atoms with E-state index in [1.54, 1.807) is 17.0 Å². The lowest BCUT2D eigenvalue weighted by atomic mass is 9.94. The van der Waals surface area contributed by atoms with Crippen molar-refractivity contribution in [3.8, 4) is 0 Å². The molecule has 0 radical (unpaired) electrons. The number of morpholine rings is 1. The highest BCUT2D eigenvalue weighted by Gasteiger charge is 2.25. The van der Waals surface area contributed by atoms with Gasteiger partial charge in [-0.3, -0.25) is 4.79 Å². The van der Waals surface area contributed by atoms with E-state index in [0.29, 0.717) is 30.5 Å². The number of rotatable bonds is 6. The maximum absolute atomic E-state index is 14.7. The van der Waals surface area contributed by atoms with Gasteiger partial charge in [0.15, 0.2) is 0 Å². The number of carbonyl (C=O) groups is 2. The monoisotopic (exact) mass is 434 g/mol. The summed E-state index contributed by atoms with van der Waals surface area (Å²) in [6, 6.07) is 4.67. The van der Waals surface area contributed by atoms with Crippen molar-refractivity contribution in [3.05, 3.63) is 24.0 Å². The Labute approximate surface area is 184 Å². The van der Waals surface area contributed by atoms with E-state index < -0.39 is 6.03 Å². The number of benzene rings is 1. The second-order valence-corrected chi connectivity index (χ2v) is 8.76. The van der Waals surface area contributed by atoms with Gasteiger partial charge < -0.3 is 25.2 Å². The van der Waals surface area contributed by atoms with Crippen LogP contribution in [0.4, 0.5) is 20.6 Å². The zero-order chi connectivity index (χ0) is 22.4. The third kappa shape index (κ3) is 6.56. The molecule has 2 atom stereocenters. The maximum atomic E-state index is 14.7. The van der Waals surface area contributed by atoms with Gasteiger partial charge in [-0.25, -0.2) is 9.18 Å². The second kappa shape index (κ2) is 10.8. The summed E-state index contributed by atoms with van der Waals surface area (Å²) < 4.78 is 20.3. The zero-order valence-electron chi connectivity index (χ0n) is 18.8. The summed E-state index contributed by atoms with van der Waals surface area (Å²) in [5.74, 6) is -0.361. The van der Waals surface area contributed by atoms with Gasteiger partial charge in [-0.05, 0) is 44.9 Å². The number of nitrogens with zero attached hydrogens (tertiary/aromatic N) is 2. The van der Waals surface area contributed by atoms with Crippen molar-refractivity contribution < 1.29 is 18.7 Å². The topological polar surface area (TPSA) is 73.9 Å². The molecule has 3 amide bonds. The van der Waals surface area contributed by atoms with Crippen LogP contribution in [0.3, 0.4) is 0 Å². The van der Waals surface area contributed by atoms with Gasteiger partial charge in [0.25, 0.3) is 0 Å². The Hall–Kier alpha value is -2.35. The molecule has 7 nitrogen and oxygen atoms in total. The van der Waals surface area contributed by atoms with Crippen LogP contribution in [-0.4, -0.2) is 61.8 Å². The summed E-state index contributed by atoms with van der Waals surface area (Å²) in [5, 5.41) is 5.31. The Kier molecular flexibility index (Phi) is 8.12. The molecule has 2 aliphatic rings. The first-order chi connectivity index (χ1) is 14.8. The zero-order valence-corrected chi connectivity index (χ0v) is 18.8. The quantitative estimate of drug-likeness (QED) is 0.715. The third-order valence-corrected chi connectivity index (χ3v) is 6.10. The third-order valence-electron chi connectivity index (χ3n) is 6.10. The molecule has 0 bridgehead atoms. The number of halogens is 1. The summed E-state index contributed by atoms with van der Waals surface area (Å²) in [6.45, 7) is 5.24. The molecule has 1 saturated heterocycles. The number of ether oxygens (including phenoxy) is 1. The number of anilines is 2. The molecule has 0 spiro atoms. The number of amides is 3. The van der Waals surface area contributed by atoms with E-state index in [4.69, 9.17) is 4.74 Å². The average molecular weight is 435 g/mol. The van der Waals surface area contributed by atoms with Gasteiger partial charge in [-0.2, -0.15) is 0 Å². The van der Waals surface area contributed by atoms with E-state index in [0.717, 1.165) is 12.8 Å². The molecule has 0 aromatic heterocycles. The van der Waals surface area contributed by atoms with Crippen molar-refractivity contribution in [3.63, 3.8) is 0 Å². The molecule has 2 N–H and O–H groups in total. The fourth-order valence-corrected chi connectivity index (χ4v) is 4.53. The lowest BCUT2D eigenvalue weighted by Gasteiger charge is -2.35. The fraction of sp³-hybridized carbons (Fsp3) is 0.652. The summed E-state index contributed by atoms with van der Waals surface area (Å²) in [6.07, 6.45) is 6.02. The average Bonchev–Trinajstić information content (AvgIpc) is 2.73. The summed E-state index contributed by atoms with van der Waals surface area (Å²) in [5.41, 5.74) is 0.940. The molecule has 1 aromatic carbocycles. The van der Waals surface area contributed by atoms with Gasteiger partial charge in [-0.1, -0.05) is 19.3 Å². The van der Waals surface area contributed by atoms with Crippen molar-refractivity contribution >= 4 is 23.3 Å². The van der Waals surface area contributed by atoms with Crippen LogP contribution < -0.4 is 15.5 Å². The molecule has 3 rings (SSSR count). The fourth-order valence-electron chi connectivity index (χ4n) is 4.53. The van der Waals surface area contributed by atoms with Gasteiger partial charge in [-0.15, -0.1) is 0 Å². The molecule has 2 fully saturated rings. The van der Waals surface area contributed by atoms with Crippen LogP contribution in [0, 0.1) is 5.82 Å². The van der Waals surface area contributed by atoms with Gasteiger partial charge in [0.2, 0.25) is 5.91 Å². The van der Waals surface area contributed by atoms with E-state index in [2.05, 4.69) is 10.6 Å². The minimum absolute atomic E-state index is 0.0107. The minimum atomic E-state index is -0.454. The summed E-state index contributed by atoms with van der Waals surface area (Å²) >= 11 is 0. The standard InChI is InChI=1S/C23H35FN4O3/c1-16-14-28(15-17(2)31-16)22(29)11-12-25-23(30)26-18-9-10-21(20(24)13-18)27(3)19-7-5-4-6-8-19/h9-10,13,16-17,19H,4-8,11-12,14-15H2,1-3H3,(H2,25,26,30)/t16-,17+. The van der Waals surface area contributed by atoms with E-state index in [1.807, 2.05) is 25.8 Å². The van der Waals surface area contributed by atoms with Crippen LogP contribution in [0.5, 0.6) is 0 Å². The Morgan fingerprint density at radius 1 is 1.16 bits per heavy atom. The van der Waals surface area contributed by atoms with Crippen molar-refractivity contribution in [2.24, 2.45) is 0 Å². The predicted octanol–water partition coefficient (Wildman–Crippen LogP) is 3.74. The van der Waals surface area contributed by atoms with E-state index in [1.165, 1.54) is 25.3 Å². The van der Waals surface area contributed by atoms with Crippen molar-refractivity contribution in [2.45, 2.75) is 70.6 Å². The first-order valence-electron chi connectivity index (χ1n) is 11.3. The maximum Gasteiger partial charge on any atom is 0.319 e. The summed E-state index contributed by atoms with van der Waals surface area (Å²) in [4.78, 5) is 28.3. The first kappa shape index (κ1) is 23.3. The lowest BCUT2D eigenvalue weighted by Crippen LogP contribution is -2.48. The van der Waals surface area contributed by atoms with Crippen LogP contribution in [0.15, 0.2) is 18.2 Å². The smallest absolute Gasteiger partial charge is 0.319 e. The summed E-state index contributed by atoms with van der Waals surface area (Å²) in [7, 11) is 1.93. The van der Waals surface area contributed by atoms with Crippen LogP contribution >= 0.6 is 0 Å². The molecular formula is C23H35FN4O3. The van der Waals surface area contributed by atoms with Gasteiger partial charge >= 0.3 is 6.03 Å². The molecule has 172 valence electrons. The Bertz CT molecular complexity index is 759. The number of nitrogens with one attached hydrogen (secondary N) is 2. The normalized spacial score (nSPS) is 22.1. The molecule has 31 heavy (non-hydrogen) atoms. The van der Waals surface area contributed by atoms with Crippen LogP contribution in [0.2, 0.25) is 0 Å². The molecule has 1 aliphatic heterocycles. The number of hydrogen-bond acceptors (Lipinski definition) is 4. The molecule has 1 saturated carbocycles. The minimum Gasteiger partial charge on any atom is -0.372 e. The highest BCUT2D eigenvalue weighted by Crippen LogP contribution is 2.29. The number of carbonyl (C=O) groups excluding carboxylic acids is 2. The molecule has 1 heterocycles. The SMILES string of the molecule is C[C@@H]1CN(C(=O)CCNC(=O)Nc2ccc(N(C)C3CCCCC3)c(F)c2)C[C@H](C)O1. The van der Waals surface area contributed by atoms with E-state index in [-0.39, 0.29) is 36.9 Å². The molecule has 1 aliphatic carbocycles. The predicted molar refractivity (Wildman–Crippen MR) is 120 cm³/mol. The van der Waals surface area contributed by atoms with Crippen molar-refractivity contribution in [1.82, 2.24) is 10.2 Å². The van der Waals surface area contributed by atoms with E-state index >= 15 is 0 Å². The Morgan fingerprint density at radius 2 is 1.84 bits per heavy atom. The van der Waals surface area contributed by atoms with Crippen LogP contribution in [-0.2, 0) is 9.53 Å². The van der Waals surface area contributed by atoms with Crippen molar-refractivity contribution in [2.75, 3.05) is 36.9 Å².